The van der Waals surface area contributed by atoms with E-state index in [4.69, 9.17) is 17.0 Å². The summed E-state index contributed by atoms with van der Waals surface area (Å²) in [7, 11) is -2.41. The number of hydrogen-bond donors (Lipinski definition) is 3. The van der Waals surface area contributed by atoms with Crippen LogP contribution in [0.2, 0.25) is 5.02 Å². The van der Waals surface area contributed by atoms with Gasteiger partial charge in [-0.05, 0) is 37.2 Å². The van der Waals surface area contributed by atoms with Crippen LogP contribution in [0.1, 0.15) is 29.7 Å². The SMILES string of the molecule is CC1SC(=N)C(O)(c2ccc(Cl)c(S(=O)(=O)NC(c3ccccc3)c3ccccc3)c2)N1C. The third-order valence-corrected chi connectivity index (χ3v) is 8.91. The molecule has 1 aliphatic rings. The van der Waals surface area contributed by atoms with Gasteiger partial charge in [-0.25, -0.2) is 8.42 Å². The average molecular weight is 502 g/mol. The summed E-state index contributed by atoms with van der Waals surface area (Å²) in [5, 5.41) is 19.5. The van der Waals surface area contributed by atoms with Crippen molar-refractivity contribution in [3.63, 3.8) is 0 Å². The molecule has 1 saturated heterocycles. The number of hydrogen-bond acceptors (Lipinski definition) is 6. The number of rotatable bonds is 6. The molecular formula is C24H24ClN3O3S2. The molecule has 0 bridgehead atoms. The van der Waals surface area contributed by atoms with Gasteiger partial charge in [0.05, 0.1) is 16.4 Å². The summed E-state index contributed by atoms with van der Waals surface area (Å²) in [6, 6.07) is 22.3. The molecule has 3 N–H and O–H groups in total. The Bertz CT molecular complexity index is 1230. The Labute approximate surface area is 203 Å². The molecule has 0 spiro atoms. The summed E-state index contributed by atoms with van der Waals surface area (Å²) < 4.78 is 29.9. The zero-order chi connectivity index (χ0) is 23.8. The number of aliphatic hydroxyl groups is 1. The van der Waals surface area contributed by atoms with Gasteiger partial charge in [-0.2, -0.15) is 4.72 Å². The van der Waals surface area contributed by atoms with Crippen LogP contribution in [0.3, 0.4) is 0 Å². The molecule has 1 fully saturated rings. The summed E-state index contributed by atoms with van der Waals surface area (Å²) in [6.45, 7) is 1.87. The topological polar surface area (TPSA) is 93.5 Å². The van der Waals surface area contributed by atoms with Crippen molar-refractivity contribution in [2.75, 3.05) is 7.05 Å². The van der Waals surface area contributed by atoms with Crippen molar-refractivity contribution in [1.82, 2.24) is 9.62 Å². The van der Waals surface area contributed by atoms with Crippen molar-refractivity contribution in [2.24, 2.45) is 0 Å². The molecule has 0 aliphatic carbocycles. The van der Waals surface area contributed by atoms with Crippen molar-refractivity contribution in [3.05, 3.63) is 101 Å². The second-order valence-corrected chi connectivity index (χ2v) is 11.3. The van der Waals surface area contributed by atoms with Gasteiger partial charge in [0.1, 0.15) is 9.94 Å². The summed E-state index contributed by atoms with van der Waals surface area (Å²) in [5.41, 5.74) is 0.103. The van der Waals surface area contributed by atoms with Crippen LogP contribution in [0.15, 0.2) is 83.8 Å². The Morgan fingerprint density at radius 2 is 1.61 bits per heavy atom. The van der Waals surface area contributed by atoms with Gasteiger partial charge in [-0.3, -0.25) is 10.3 Å². The third-order valence-electron chi connectivity index (χ3n) is 5.82. The molecule has 0 aromatic heterocycles. The molecule has 1 heterocycles. The van der Waals surface area contributed by atoms with Gasteiger partial charge in [0.15, 0.2) is 5.72 Å². The first-order valence-corrected chi connectivity index (χ1v) is 13.0. The van der Waals surface area contributed by atoms with Crippen LogP contribution in [0.4, 0.5) is 0 Å². The second-order valence-electron chi connectivity index (χ2n) is 7.85. The second kappa shape index (κ2) is 9.21. The van der Waals surface area contributed by atoms with Crippen molar-refractivity contribution >= 4 is 38.4 Å². The summed E-state index contributed by atoms with van der Waals surface area (Å²) in [4.78, 5) is 1.47. The number of sulfonamides is 1. The van der Waals surface area contributed by atoms with E-state index in [0.717, 1.165) is 11.1 Å². The summed E-state index contributed by atoms with van der Waals surface area (Å²) in [5.74, 6) is 0. The monoisotopic (exact) mass is 501 g/mol. The lowest BCUT2D eigenvalue weighted by Crippen LogP contribution is -2.45. The third kappa shape index (κ3) is 4.47. The number of halogens is 1. The van der Waals surface area contributed by atoms with Gasteiger partial charge in [0, 0.05) is 5.56 Å². The van der Waals surface area contributed by atoms with Gasteiger partial charge < -0.3 is 5.11 Å². The van der Waals surface area contributed by atoms with Gasteiger partial charge in [0.2, 0.25) is 10.0 Å². The van der Waals surface area contributed by atoms with E-state index in [2.05, 4.69) is 4.72 Å². The Balaban J connectivity index is 1.77. The van der Waals surface area contributed by atoms with E-state index in [1.165, 1.54) is 23.9 Å². The zero-order valence-corrected chi connectivity index (χ0v) is 20.5. The molecule has 172 valence electrons. The highest BCUT2D eigenvalue weighted by atomic mass is 35.5. The smallest absolute Gasteiger partial charge is 0.242 e. The minimum Gasteiger partial charge on any atom is -0.366 e. The van der Waals surface area contributed by atoms with Crippen LogP contribution in [-0.4, -0.2) is 35.9 Å². The Kier molecular flexibility index (Phi) is 6.68. The van der Waals surface area contributed by atoms with E-state index in [-0.39, 0.29) is 25.9 Å². The summed E-state index contributed by atoms with van der Waals surface area (Å²) >= 11 is 7.55. The fraction of sp³-hybridized carbons (Fsp3) is 0.208. The number of thioether (sulfide) groups is 1. The van der Waals surface area contributed by atoms with Crippen LogP contribution in [0, 0.1) is 5.41 Å². The van der Waals surface area contributed by atoms with Gasteiger partial charge in [0.25, 0.3) is 0 Å². The lowest BCUT2D eigenvalue weighted by molar-refractivity contribution is -0.0348. The molecule has 9 heteroatoms. The first-order chi connectivity index (χ1) is 15.6. The minimum absolute atomic E-state index is 0.0302. The van der Waals surface area contributed by atoms with Crippen molar-refractivity contribution < 1.29 is 13.5 Å². The predicted octanol–water partition coefficient (Wildman–Crippen LogP) is 4.55. The van der Waals surface area contributed by atoms with E-state index >= 15 is 0 Å². The molecule has 2 unspecified atom stereocenters. The normalized spacial score (nSPS) is 21.6. The van der Waals surface area contributed by atoms with Gasteiger partial charge in [-0.1, -0.05) is 90.1 Å². The highest BCUT2D eigenvalue weighted by Crippen LogP contribution is 2.43. The van der Waals surface area contributed by atoms with Crippen molar-refractivity contribution in [2.45, 2.75) is 29.0 Å². The Morgan fingerprint density at radius 3 is 2.09 bits per heavy atom. The quantitative estimate of drug-likeness (QED) is 0.460. The first-order valence-electron chi connectivity index (χ1n) is 10.3. The molecule has 3 aromatic rings. The van der Waals surface area contributed by atoms with Crippen LogP contribution in [0.5, 0.6) is 0 Å². The van der Waals surface area contributed by atoms with Crippen LogP contribution in [0.25, 0.3) is 0 Å². The first kappa shape index (κ1) is 23.9. The number of benzene rings is 3. The van der Waals surface area contributed by atoms with Gasteiger partial charge in [-0.15, -0.1) is 0 Å². The molecule has 1 aliphatic heterocycles. The average Bonchev–Trinajstić information content (AvgIpc) is 3.01. The fourth-order valence-electron chi connectivity index (χ4n) is 3.85. The van der Waals surface area contributed by atoms with E-state index in [0.29, 0.717) is 0 Å². The van der Waals surface area contributed by atoms with Gasteiger partial charge >= 0.3 is 0 Å². The number of nitrogens with zero attached hydrogens (tertiary/aromatic N) is 1. The molecule has 0 radical (unpaired) electrons. The largest absolute Gasteiger partial charge is 0.366 e. The van der Waals surface area contributed by atoms with Crippen LogP contribution < -0.4 is 4.72 Å². The van der Waals surface area contributed by atoms with E-state index < -0.39 is 21.8 Å². The van der Waals surface area contributed by atoms with Crippen LogP contribution in [-0.2, 0) is 15.7 Å². The maximum atomic E-state index is 13.6. The molecular weight excluding hydrogens is 478 g/mol. The highest BCUT2D eigenvalue weighted by Gasteiger charge is 2.48. The highest BCUT2D eigenvalue weighted by molar-refractivity contribution is 8.14. The molecule has 6 nitrogen and oxygen atoms in total. The maximum Gasteiger partial charge on any atom is 0.242 e. The van der Waals surface area contributed by atoms with Crippen molar-refractivity contribution in [1.29, 1.82) is 5.41 Å². The lowest BCUT2D eigenvalue weighted by Gasteiger charge is -2.32. The van der Waals surface area contributed by atoms with E-state index in [9.17, 15) is 13.5 Å². The minimum atomic E-state index is -4.10. The van der Waals surface area contributed by atoms with Crippen molar-refractivity contribution in [3.8, 4) is 0 Å². The molecule has 3 aromatic carbocycles. The number of nitrogens with one attached hydrogen (secondary N) is 2. The fourth-order valence-corrected chi connectivity index (χ4v) is 6.67. The van der Waals surface area contributed by atoms with E-state index in [1.807, 2.05) is 67.6 Å². The Morgan fingerprint density at radius 1 is 1.06 bits per heavy atom. The molecule has 33 heavy (non-hydrogen) atoms. The standard InChI is InChI=1S/C24H24ClN3O3S2/c1-16-28(2)24(29,23(26)32-16)19-13-14-20(25)21(15-19)33(30,31)27-22(17-9-5-3-6-10-17)18-11-7-4-8-12-18/h3-16,22,26-27,29H,1-2H3. The molecule has 4 rings (SSSR count). The lowest BCUT2D eigenvalue weighted by atomic mass is 10.00. The summed E-state index contributed by atoms with van der Waals surface area (Å²) in [6.07, 6.45) is 0. The zero-order valence-electron chi connectivity index (χ0n) is 18.1. The van der Waals surface area contributed by atoms with Crippen LogP contribution >= 0.6 is 23.4 Å². The molecule has 0 amide bonds. The maximum absolute atomic E-state index is 13.6. The molecule has 2 atom stereocenters. The predicted molar refractivity (Wildman–Crippen MR) is 133 cm³/mol. The van der Waals surface area contributed by atoms with E-state index in [1.54, 1.807) is 18.0 Å². The molecule has 0 saturated carbocycles. The Hall–Kier alpha value is -2.20.